The van der Waals surface area contributed by atoms with Crippen molar-refractivity contribution in [3.63, 3.8) is 0 Å². The fourth-order valence-corrected chi connectivity index (χ4v) is 5.93. The van der Waals surface area contributed by atoms with E-state index in [1.807, 2.05) is 0 Å². The molecule has 25 heavy (non-hydrogen) atoms. The first kappa shape index (κ1) is 16.5. The van der Waals surface area contributed by atoms with E-state index < -0.39 is 46.3 Å². The zero-order valence-electron chi connectivity index (χ0n) is 14.0. The molecular formula is C19H22O6. The Bertz CT molecular complexity index is 779. The molecule has 6 nitrogen and oxygen atoms in total. The smallest absolute Gasteiger partial charge is 0.312 e. The average molecular weight is 346 g/mol. The molecule has 2 fully saturated rings. The molecule has 4 rings (SSSR count). The Balaban J connectivity index is 1.98. The number of hydrogen-bond donors (Lipinski definition) is 4. The Kier molecular flexibility index (Phi) is 3.06. The van der Waals surface area contributed by atoms with Crippen LogP contribution in [-0.4, -0.2) is 44.1 Å². The summed E-state index contributed by atoms with van der Waals surface area (Å²) in [6.45, 7) is 5.40. The van der Waals surface area contributed by atoms with Crippen LogP contribution in [0.3, 0.4) is 0 Å². The van der Waals surface area contributed by atoms with Gasteiger partial charge in [-0.25, -0.2) is 0 Å². The summed E-state index contributed by atoms with van der Waals surface area (Å²) in [7, 11) is 0. The van der Waals surface area contributed by atoms with Gasteiger partial charge >= 0.3 is 11.9 Å². The highest BCUT2D eigenvalue weighted by Crippen LogP contribution is 2.71. The minimum absolute atomic E-state index is 0.269. The Morgan fingerprint density at radius 3 is 2.60 bits per heavy atom. The molecule has 4 aliphatic rings. The summed E-state index contributed by atoms with van der Waals surface area (Å²) in [5, 5.41) is 41.1. The molecule has 0 aliphatic heterocycles. The van der Waals surface area contributed by atoms with E-state index in [1.165, 1.54) is 13.0 Å². The van der Waals surface area contributed by atoms with Gasteiger partial charge in [-0.05, 0) is 43.8 Å². The number of allylic oxidation sites excluding steroid dienone is 3. The standard InChI is InChI=1S/C19H22O6/c1-9-7-18-8-19(9,25)6-5-11(18)10-3-4-12(20)17(2,16(23)24)13(10)14(18)15(21)22/h3-4,12-14,20,25H,1,5-8H2,2H3,(H,21,22)(H,23,24)/t12-,13+,14+,17+,18-,19-/m0/s1. The highest BCUT2D eigenvalue weighted by Gasteiger charge is 2.70. The van der Waals surface area contributed by atoms with Gasteiger partial charge in [0.25, 0.3) is 0 Å². The molecule has 134 valence electrons. The predicted molar refractivity (Wildman–Crippen MR) is 87.5 cm³/mol. The van der Waals surface area contributed by atoms with E-state index in [-0.39, 0.29) is 6.42 Å². The lowest BCUT2D eigenvalue weighted by Crippen LogP contribution is -2.52. The molecule has 6 heteroatoms. The normalized spacial score (nSPS) is 47.6. The molecule has 2 bridgehead atoms. The molecule has 1 spiro atoms. The highest BCUT2D eigenvalue weighted by atomic mass is 16.4. The van der Waals surface area contributed by atoms with Crippen LogP contribution in [0.15, 0.2) is 35.5 Å². The van der Waals surface area contributed by atoms with E-state index in [1.54, 1.807) is 6.08 Å². The van der Waals surface area contributed by atoms with Gasteiger partial charge < -0.3 is 20.4 Å². The zero-order valence-corrected chi connectivity index (χ0v) is 14.0. The number of carboxylic acids is 2. The zero-order chi connectivity index (χ0) is 18.4. The van der Waals surface area contributed by atoms with Gasteiger partial charge in [0.15, 0.2) is 0 Å². The summed E-state index contributed by atoms with van der Waals surface area (Å²) in [4.78, 5) is 24.3. The second-order valence-electron chi connectivity index (χ2n) is 8.26. The second kappa shape index (κ2) is 4.62. The molecule has 2 saturated carbocycles. The summed E-state index contributed by atoms with van der Waals surface area (Å²) in [5.41, 5.74) is -1.21. The quantitative estimate of drug-likeness (QED) is 0.563. The first-order valence-corrected chi connectivity index (χ1v) is 8.54. The third kappa shape index (κ3) is 1.71. The van der Waals surface area contributed by atoms with Crippen LogP contribution in [0.4, 0.5) is 0 Å². The van der Waals surface area contributed by atoms with Gasteiger partial charge in [-0.15, -0.1) is 0 Å². The van der Waals surface area contributed by atoms with E-state index in [4.69, 9.17) is 0 Å². The molecule has 0 amide bonds. The van der Waals surface area contributed by atoms with E-state index in [0.29, 0.717) is 24.8 Å². The number of carbonyl (C=O) groups is 2. The molecule has 0 unspecified atom stereocenters. The van der Waals surface area contributed by atoms with Crippen molar-refractivity contribution in [1.82, 2.24) is 0 Å². The Hall–Kier alpha value is -1.92. The van der Waals surface area contributed by atoms with Crippen LogP contribution in [-0.2, 0) is 9.59 Å². The van der Waals surface area contributed by atoms with Crippen molar-refractivity contribution in [2.24, 2.45) is 22.7 Å². The molecule has 0 aromatic rings. The lowest BCUT2D eigenvalue weighted by Gasteiger charge is -2.43. The average Bonchev–Trinajstić information content (AvgIpc) is 2.90. The van der Waals surface area contributed by atoms with E-state index in [2.05, 4.69) is 6.58 Å². The summed E-state index contributed by atoms with van der Waals surface area (Å²) in [6.07, 6.45) is 3.52. The summed E-state index contributed by atoms with van der Waals surface area (Å²) >= 11 is 0. The first-order chi connectivity index (χ1) is 11.6. The number of aliphatic carboxylic acids is 2. The largest absolute Gasteiger partial charge is 0.481 e. The maximum Gasteiger partial charge on any atom is 0.312 e. The number of fused-ring (bicyclic) bond motifs is 2. The van der Waals surface area contributed by atoms with Gasteiger partial charge in [0, 0.05) is 11.3 Å². The molecule has 0 aromatic carbocycles. The van der Waals surface area contributed by atoms with E-state index in [0.717, 1.165) is 11.1 Å². The van der Waals surface area contributed by atoms with Crippen LogP contribution in [0.2, 0.25) is 0 Å². The van der Waals surface area contributed by atoms with Crippen molar-refractivity contribution in [1.29, 1.82) is 0 Å². The fraction of sp³-hybridized carbons (Fsp3) is 0.579. The van der Waals surface area contributed by atoms with Gasteiger partial charge in [-0.1, -0.05) is 24.3 Å². The van der Waals surface area contributed by atoms with E-state index in [9.17, 15) is 30.0 Å². The highest BCUT2D eigenvalue weighted by molar-refractivity contribution is 5.83. The lowest BCUT2D eigenvalue weighted by atomic mass is 9.59. The summed E-state index contributed by atoms with van der Waals surface area (Å²) < 4.78 is 0. The molecular weight excluding hydrogens is 324 g/mol. The Morgan fingerprint density at radius 1 is 1.32 bits per heavy atom. The van der Waals surface area contributed by atoms with Crippen molar-refractivity contribution in [2.75, 3.05) is 0 Å². The lowest BCUT2D eigenvalue weighted by molar-refractivity contribution is -0.164. The molecule has 4 N–H and O–H groups in total. The third-order valence-electron chi connectivity index (χ3n) is 7.24. The van der Waals surface area contributed by atoms with Crippen molar-refractivity contribution in [3.8, 4) is 0 Å². The minimum atomic E-state index is -1.62. The maximum atomic E-state index is 12.3. The van der Waals surface area contributed by atoms with Crippen LogP contribution >= 0.6 is 0 Å². The van der Waals surface area contributed by atoms with Crippen molar-refractivity contribution < 1.29 is 30.0 Å². The van der Waals surface area contributed by atoms with Crippen molar-refractivity contribution in [2.45, 2.75) is 44.3 Å². The van der Waals surface area contributed by atoms with Crippen LogP contribution in [0.25, 0.3) is 0 Å². The molecule has 0 radical (unpaired) electrons. The minimum Gasteiger partial charge on any atom is -0.481 e. The van der Waals surface area contributed by atoms with Crippen molar-refractivity contribution >= 4 is 11.9 Å². The number of aliphatic hydroxyl groups is 2. The maximum absolute atomic E-state index is 12.3. The summed E-state index contributed by atoms with van der Waals surface area (Å²) in [5.74, 6) is -4.11. The van der Waals surface area contributed by atoms with Crippen LogP contribution in [0, 0.1) is 22.7 Å². The number of hydrogen-bond acceptors (Lipinski definition) is 4. The van der Waals surface area contributed by atoms with Gasteiger partial charge in [0.2, 0.25) is 0 Å². The first-order valence-electron chi connectivity index (χ1n) is 8.54. The molecule has 6 atom stereocenters. The van der Waals surface area contributed by atoms with E-state index >= 15 is 0 Å². The van der Waals surface area contributed by atoms with Gasteiger partial charge in [-0.3, -0.25) is 9.59 Å². The molecule has 0 aromatic heterocycles. The number of carboxylic acid groups (broad SMARTS) is 2. The fourth-order valence-electron chi connectivity index (χ4n) is 5.93. The predicted octanol–water partition coefficient (Wildman–Crippen LogP) is 1.50. The third-order valence-corrected chi connectivity index (χ3v) is 7.24. The summed E-state index contributed by atoms with van der Waals surface area (Å²) in [6, 6.07) is 0. The SMILES string of the molecule is C=C1C[C@]23C[C@@]1(O)CCC2=C1C=C[C@H](O)[C@@](C)(C(=O)O)[C@H]1[C@@H]3C(=O)O. The van der Waals surface area contributed by atoms with Gasteiger partial charge in [0.1, 0.15) is 5.41 Å². The Labute approximate surface area is 145 Å². The molecule has 0 saturated heterocycles. The Morgan fingerprint density at radius 2 is 2.00 bits per heavy atom. The van der Waals surface area contributed by atoms with Crippen LogP contribution in [0.5, 0.6) is 0 Å². The molecule has 4 aliphatic carbocycles. The number of aliphatic hydroxyl groups excluding tert-OH is 1. The van der Waals surface area contributed by atoms with Crippen LogP contribution in [0.1, 0.15) is 32.6 Å². The van der Waals surface area contributed by atoms with Gasteiger partial charge in [-0.2, -0.15) is 0 Å². The topological polar surface area (TPSA) is 115 Å². The van der Waals surface area contributed by atoms with Gasteiger partial charge in [0.05, 0.1) is 17.6 Å². The van der Waals surface area contributed by atoms with Crippen molar-refractivity contribution in [3.05, 3.63) is 35.5 Å². The number of rotatable bonds is 2. The molecule has 0 heterocycles. The van der Waals surface area contributed by atoms with Crippen LogP contribution < -0.4 is 0 Å². The monoisotopic (exact) mass is 346 g/mol. The second-order valence-corrected chi connectivity index (χ2v) is 8.26.